The van der Waals surface area contributed by atoms with Crippen molar-refractivity contribution in [2.45, 2.75) is 24.5 Å². The molecular weight excluding hydrogens is 128 g/mol. The summed E-state index contributed by atoms with van der Waals surface area (Å²) in [5, 5.41) is 0.902. The van der Waals surface area contributed by atoms with Crippen LogP contribution in [0.3, 0.4) is 0 Å². The minimum absolute atomic E-state index is 0.902. The van der Waals surface area contributed by atoms with Crippen LogP contribution in [0.25, 0.3) is 0 Å². The second-order valence-corrected chi connectivity index (χ2v) is 4.18. The number of rotatable bonds is 0. The zero-order chi connectivity index (χ0) is 6.10. The van der Waals surface area contributed by atoms with Crippen LogP contribution in [0.2, 0.25) is 0 Å². The van der Waals surface area contributed by atoms with Crippen LogP contribution in [0.1, 0.15) is 19.3 Å². The third-order valence-electron chi connectivity index (χ3n) is 2.29. The molecule has 2 aliphatic rings. The van der Waals surface area contributed by atoms with Gasteiger partial charge in [-0.3, -0.25) is 0 Å². The van der Waals surface area contributed by atoms with Crippen LogP contribution >= 0.6 is 11.8 Å². The van der Waals surface area contributed by atoms with E-state index in [1.54, 1.807) is 0 Å². The van der Waals surface area contributed by atoms with Gasteiger partial charge in [0.15, 0.2) is 0 Å². The molecule has 1 heterocycles. The lowest BCUT2D eigenvalue weighted by Gasteiger charge is -2.17. The molecule has 0 aromatic rings. The van der Waals surface area contributed by atoms with Crippen LogP contribution in [-0.4, -0.2) is 11.0 Å². The highest BCUT2D eigenvalue weighted by Gasteiger charge is 2.26. The van der Waals surface area contributed by atoms with E-state index in [9.17, 15) is 0 Å². The first-order chi connectivity index (χ1) is 4.47. The van der Waals surface area contributed by atoms with Gasteiger partial charge in [-0.15, -0.1) is 0 Å². The summed E-state index contributed by atoms with van der Waals surface area (Å²) < 4.78 is 0. The van der Waals surface area contributed by atoms with E-state index in [0.29, 0.717) is 0 Å². The van der Waals surface area contributed by atoms with E-state index in [1.165, 1.54) is 25.0 Å². The highest BCUT2D eigenvalue weighted by atomic mass is 32.2. The van der Waals surface area contributed by atoms with E-state index in [4.69, 9.17) is 0 Å². The van der Waals surface area contributed by atoms with Crippen molar-refractivity contribution in [3.63, 3.8) is 0 Å². The number of thioether (sulfide) groups is 1. The number of allylic oxidation sites excluding steroid dienone is 1. The Hall–Kier alpha value is 0.0900. The first-order valence-electron chi connectivity index (χ1n) is 3.75. The van der Waals surface area contributed by atoms with Gasteiger partial charge in [0, 0.05) is 5.25 Å². The lowest BCUT2D eigenvalue weighted by atomic mass is 9.92. The van der Waals surface area contributed by atoms with Crippen LogP contribution in [0.5, 0.6) is 0 Å². The molecule has 0 spiro atoms. The van der Waals surface area contributed by atoms with Crippen molar-refractivity contribution in [1.29, 1.82) is 0 Å². The van der Waals surface area contributed by atoms with Crippen LogP contribution in [0.15, 0.2) is 12.2 Å². The summed E-state index contributed by atoms with van der Waals surface area (Å²) in [6.45, 7) is 0. The van der Waals surface area contributed by atoms with Gasteiger partial charge in [-0.1, -0.05) is 12.2 Å². The Balaban J connectivity index is 2.10. The highest BCUT2D eigenvalue weighted by Crippen LogP contribution is 2.38. The third kappa shape index (κ3) is 1.03. The monoisotopic (exact) mass is 140 g/mol. The smallest absolute Gasteiger partial charge is 0.0255 e. The van der Waals surface area contributed by atoms with Gasteiger partial charge < -0.3 is 0 Å². The Morgan fingerprint density at radius 1 is 1.33 bits per heavy atom. The molecule has 0 aromatic carbocycles. The van der Waals surface area contributed by atoms with Crippen molar-refractivity contribution in [1.82, 2.24) is 0 Å². The number of fused-ring (bicyclic) bond motifs is 1. The zero-order valence-corrected chi connectivity index (χ0v) is 6.36. The van der Waals surface area contributed by atoms with Gasteiger partial charge in [0.05, 0.1) is 0 Å². The van der Waals surface area contributed by atoms with Gasteiger partial charge in [0.25, 0.3) is 0 Å². The predicted molar refractivity (Wildman–Crippen MR) is 42.7 cm³/mol. The Morgan fingerprint density at radius 2 is 2.33 bits per heavy atom. The van der Waals surface area contributed by atoms with Crippen molar-refractivity contribution in [2.75, 3.05) is 5.75 Å². The van der Waals surface area contributed by atoms with Gasteiger partial charge in [-0.05, 0) is 30.9 Å². The molecule has 1 saturated heterocycles. The molecule has 0 amide bonds. The Labute approximate surface area is 60.7 Å². The second-order valence-electron chi connectivity index (χ2n) is 2.89. The van der Waals surface area contributed by atoms with Gasteiger partial charge >= 0.3 is 0 Å². The molecule has 1 aliphatic heterocycles. The van der Waals surface area contributed by atoms with Gasteiger partial charge in [0.2, 0.25) is 0 Å². The topological polar surface area (TPSA) is 0 Å². The molecule has 0 bridgehead atoms. The molecule has 1 aliphatic carbocycles. The second kappa shape index (κ2) is 2.37. The average Bonchev–Trinajstić information content (AvgIpc) is 2.33. The van der Waals surface area contributed by atoms with Crippen LogP contribution in [0.4, 0.5) is 0 Å². The maximum atomic E-state index is 2.41. The van der Waals surface area contributed by atoms with Gasteiger partial charge in [-0.25, -0.2) is 0 Å². The van der Waals surface area contributed by atoms with Gasteiger partial charge in [0.1, 0.15) is 0 Å². The molecule has 2 atom stereocenters. The zero-order valence-electron chi connectivity index (χ0n) is 5.55. The Morgan fingerprint density at radius 3 is 3.22 bits per heavy atom. The van der Waals surface area contributed by atoms with Crippen molar-refractivity contribution in [2.24, 2.45) is 5.92 Å². The molecule has 0 N–H and O–H groups in total. The van der Waals surface area contributed by atoms with Gasteiger partial charge in [-0.2, -0.15) is 11.8 Å². The summed E-state index contributed by atoms with van der Waals surface area (Å²) in [5.74, 6) is 2.44. The van der Waals surface area contributed by atoms with E-state index in [-0.39, 0.29) is 0 Å². The first-order valence-corrected chi connectivity index (χ1v) is 4.80. The lowest BCUT2D eigenvalue weighted by molar-refractivity contribution is 0.498. The van der Waals surface area contributed by atoms with Crippen molar-refractivity contribution < 1.29 is 0 Å². The molecule has 1 heteroatoms. The molecule has 0 radical (unpaired) electrons. The summed E-state index contributed by atoms with van der Waals surface area (Å²) in [7, 11) is 0. The average molecular weight is 140 g/mol. The molecule has 0 aromatic heterocycles. The normalized spacial score (nSPS) is 40.9. The maximum absolute atomic E-state index is 2.41. The highest BCUT2D eigenvalue weighted by molar-refractivity contribution is 8.00. The number of hydrogen-bond donors (Lipinski definition) is 0. The molecule has 50 valence electrons. The van der Waals surface area contributed by atoms with E-state index in [1.807, 2.05) is 0 Å². The predicted octanol–water partition coefficient (Wildman–Crippen LogP) is 2.46. The summed E-state index contributed by atoms with van der Waals surface area (Å²) in [6, 6.07) is 0. The Kier molecular flexibility index (Phi) is 1.54. The Bertz CT molecular complexity index is 129. The SMILES string of the molecule is C1=CC2SCCC2CC1. The van der Waals surface area contributed by atoms with E-state index in [2.05, 4.69) is 23.9 Å². The molecule has 0 saturated carbocycles. The first kappa shape index (κ1) is 5.84. The molecular formula is C8H12S. The fourth-order valence-corrected chi connectivity index (χ4v) is 3.20. The summed E-state index contributed by atoms with van der Waals surface area (Å²) in [5.41, 5.74) is 0. The lowest BCUT2D eigenvalue weighted by Crippen LogP contribution is -2.11. The molecule has 1 fully saturated rings. The van der Waals surface area contributed by atoms with Crippen LogP contribution < -0.4 is 0 Å². The van der Waals surface area contributed by atoms with Crippen molar-refractivity contribution in [3.05, 3.63) is 12.2 Å². The fourth-order valence-electron chi connectivity index (χ4n) is 1.72. The molecule has 2 unspecified atom stereocenters. The van der Waals surface area contributed by atoms with Crippen molar-refractivity contribution in [3.8, 4) is 0 Å². The van der Waals surface area contributed by atoms with Crippen LogP contribution in [0, 0.1) is 5.92 Å². The summed E-state index contributed by atoms with van der Waals surface area (Å²) >= 11 is 2.14. The van der Waals surface area contributed by atoms with E-state index < -0.39 is 0 Å². The largest absolute Gasteiger partial charge is 0.154 e. The van der Waals surface area contributed by atoms with E-state index >= 15 is 0 Å². The minimum atomic E-state index is 0.902. The number of hydrogen-bond acceptors (Lipinski definition) is 1. The summed E-state index contributed by atoms with van der Waals surface area (Å²) in [6.07, 6.45) is 9.01. The quantitative estimate of drug-likeness (QED) is 0.466. The molecule has 9 heavy (non-hydrogen) atoms. The standard InChI is InChI=1S/C8H12S/c1-2-4-8-7(3-1)5-6-9-8/h2,4,7-8H,1,3,5-6H2. The fraction of sp³-hybridized carbons (Fsp3) is 0.750. The third-order valence-corrected chi connectivity index (χ3v) is 3.69. The molecule has 2 rings (SSSR count). The van der Waals surface area contributed by atoms with Crippen molar-refractivity contribution >= 4 is 11.8 Å². The van der Waals surface area contributed by atoms with Crippen LogP contribution in [-0.2, 0) is 0 Å². The molecule has 0 nitrogen and oxygen atoms in total. The summed E-state index contributed by atoms with van der Waals surface area (Å²) in [4.78, 5) is 0. The maximum Gasteiger partial charge on any atom is 0.0255 e. The van der Waals surface area contributed by atoms with E-state index in [0.717, 1.165) is 11.2 Å². The minimum Gasteiger partial charge on any atom is -0.154 e.